The van der Waals surface area contributed by atoms with Crippen LogP contribution in [0.5, 0.6) is 0 Å². The molecule has 0 aliphatic heterocycles. The van der Waals surface area contributed by atoms with Crippen molar-refractivity contribution in [2.24, 2.45) is 0 Å². The van der Waals surface area contributed by atoms with Crippen LogP contribution < -0.4 is 5.32 Å². The van der Waals surface area contributed by atoms with E-state index in [1.807, 2.05) is 24.3 Å². The van der Waals surface area contributed by atoms with Crippen LogP contribution >= 0.6 is 0 Å². The first-order valence-electron chi connectivity index (χ1n) is 4.59. The average Bonchev–Trinajstić information content (AvgIpc) is 2.57. The van der Waals surface area contributed by atoms with E-state index >= 15 is 0 Å². The van der Waals surface area contributed by atoms with Gasteiger partial charge in [-0.25, -0.2) is 4.98 Å². The van der Waals surface area contributed by atoms with Gasteiger partial charge in [0.15, 0.2) is 0 Å². The fraction of sp³-hybridized carbons (Fsp3) is 0.300. The van der Waals surface area contributed by atoms with E-state index in [9.17, 15) is 0 Å². The lowest BCUT2D eigenvalue weighted by Gasteiger charge is -1.96. The van der Waals surface area contributed by atoms with Crippen molar-refractivity contribution < 1.29 is 0 Å². The van der Waals surface area contributed by atoms with Crippen molar-refractivity contribution in [1.82, 2.24) is 9.97 Å². The summed E-state index contributed by atoms with van der Waals surface area (Å²) in [6, 6.07) is 8.03. The molecule has 1 heterocycles. The molecule has 0 fully saturated rings. The van der Waals surface area contributed by atoms with Gasteiger partial charge in [0.05, 0.1) is 11.0 Å². The minimum absolute atomic E-state index is 0.864. The first kappa shape index (κ1) is 8.10. The van der Waals surface area contributed by atoms with Crippen molar-refractivity contribution in [2.45, 2.75) is 13.3 Å². The van der Waals surface area contributed by atoms with Crippen LogP contribution in [0.3, 0.4) is 0 Å². The molecule has 0 saturated carbocycles. The van der Waals surface area contributed by atoms with E-state index in [4.69, 9.17) is 0 Å². The highest BCUT2D eigenvalue weighted by atomic mass is 15.1. The number of benzene rings is 1. The summed E-state index contributed by atoms with van der Waals surface area (Å²) in [5.41, 5.74) is 2.10. The fourth-order valence-corrected chi connectivity index (χ4v) is 1.28. The Morgan fingerprint density at radius 1 is 1.38 bits per heavy atom. The van der Waals surface area contributed by atoms with Crippen LogP contribution in [0.4, 0.5) is 5.95 Å². The van der Waals surface area contributed by atoms with E-state index in [0.717, 1.165) is 29.9 Å². The number of H-pyrrole nitrogens is 1. The third kappa shape index (κ3) is 1.64. The molecule has 0 aliphatic carbocycles. The molecule has 0 saturated heterocycles. The normalized spacial score (nSPS) is 10.5. The standard InChI is InChI=1S/C10H13N3/c1-2-7-11-10-12-8-5-3-4-6-9(8)13-10/h3-6H,2,7H2,1H3,(H2,11,12,13). The molecule has 3 nitrogen and oxygen atoms in total. The van der Waals surface area contributed by atoms with Gasteiger partial charge in [-0.15, -0.1) is 0 Å². The average molecular weight is 175 g/mol. The largest absolute Gasteiger partial charge is 0.356 e. The fourth-order valence-electron chi connectivity index (χ4n) is 1.28. The molecule has 2 rings (SSSR count). The van der Waals surface area contributed by atoms with E-state index in [1.54, 1.807) is 0 Å². The van der Waals surface area contributed by atoms with Crippen LogP contribution in [0.1, 0.15) is 13.3 Å². The van der Waals surface area contributed by atoms with E-state index in [1.165, 1.54) is 0 Å². The van der Waals surface area contributed by atoms with Gasteiger partial charge in [0.2, 0.25) is 5.95 Å². The van der Waals surface area contributed by atoms with Crippen molar-refractivity contribution in [3.8, 4) is 0 Å². The van der Waals surface area contributed by atoms with Crippen LogP contribution in [0.15, 0.2) is 24.3 Å². The van der Waals surface area contributed by atoms with Gasteiger partial charge in [-0.3, -0.25) is 0 Å². The molecule has 2 aromatic rings. The maximum absolute atomic E-state index is 4.38. The lowest BCUT2D eigenvalue weighted by molar-refractivity contribution is 0.964. The second kappa shape index (κ2) is 3.47. The third-order valence-electron chi connectivity index (χ3n) is 1.93. The summed E-state index contributed by atoms with van der Waals surface area (Å²) in [5.74, 6) is 0.864. The summed E-state index contributed by atoms with van der Waals surface area (Å²) in [5, 5.41) is 3.22. The van der Waals surface area contributed by atoms with Crippen molar-refractivity contribution in [2.75, 3.05) is 11.9 Å². The molecule has 0 radical (unpaired) electrons. The molecule has 3 heteroatoms. The van der Waals surface area contributed by atoms with Gasteiger partial charge < -0.3 is 10.3 Å². The highest BCUT2D eigenvalue weighted by Gasteiger charge is 1.98. The van der Waals surface area contributed by atoms with Gasteiger partial charge in [0.1, 0.15) is 0 Å². The molecule has 2 N–H and O–H groups in total. The highest BCUT2D eigenvalue weighted by molar-refractivity contribution is 5.77. The van der Waals surface area contributed by atoms with Gasteiger partial charge >= 0.3 is 0 Å². The molecular formula is C10H13N3. The molecule has 68 valence electrons. The molecule has 0 aliphatic rings. The topological polar surface area (TPSA) is 40.7 Å². The number of fused-ring (bicyclic) bond motifs is 1. The molecule has 0 atom stereocenters. The Bertz CT molecular complexity index is 359. The summed E-state index contributed by atoms with van der Waals surface area (Å²) in [6.07, 6.45) is 1.11. The second-order valence-corrected chi connectivity index (χ2v) is 3.03. The second-order valence-electron chi connectivity index (χ2n) is 3.03. The van der Waals surface area contributed by atoms with Gasteiger partial charge in [-0.1, -0.05) is 19.1 Å². The SMILES string of the molecule is CCCNc1nc2ccccc2[nH]1. The number of para-hydroxylation sites is 2. The van der Waals surface area contributed by atoms with Crippen LogP contribution in [-0.4, -0.2) is 16.5 Å². The Kier molecular flexibility index (Phi) is 2.17. The molecule has 0 bridgehead atoms. The lowest BCUT2D eigenvalue weighted by Crippen LogP contribution is -2.00. The van der Waals surface area contributed by atoms with Gasteiger partial charge in [0, 0.05) is 6.54 Å². The molecular weight excluding hydrogens is 162 g/mol. The zero-order valence-corrected chi connectivity index (χ0v) is 7.67. The van der Waals surface area contributed by atoms with Gasteiger partial charge in [-0.2, -0.15) is 0 Å². The summed E-state index contributed by atoms with van der Waals surface area (Å²) in [7, 11) is 0. The minimum Gasteiger partial charge on any atom is -0.356 e. The quantitative estimate of drug-likeness (QED) is 0.752. The maximum Gasteiger partial charge on any atom is 0.201 e. The number of nitrogens with one attached hydrogen (secondary N) is 2. The number of nitrogens with zero attached hydrogens (tertiary/aromatic N) is 1. The number of anilines is 1. The van der Waals surface area contributed by atoms with E-state index in [-0.39, 0.29) is 0 Å². The number of aromatic nitrogens is 2. The monoisotopic (exact) mass is 175 g/mol. The predicted octanol–water partition coefficient (Wildman–Crippen LogP) is 2.38. The smallest absolute Gasteiger partial charge is 0.201 e. The van der Waals surface area contributed by atoms with E-state index in [2.05, 4.69) is 22.2 Å². The molecule has 1 aromatic carbocycles. The zero-order chi connectivity index (χ0) is 9.10. The highest BCUT2D eigenvalue weighted by Crippen LogP contribution is 2.12. The van der Waals surface area contributed by atoms with E-state index < -0.39 is 0 Å². The number of hydrogen-bond acceptors (Lipinski definition) is 2. The molecule has 13 heavy (non-hydrogen) atoms. The van der Waals surface area contributed by atoms with Gasteiger partial charge in [0.25, 0.3) is 0 Å². The third-order valence-corrected chi connectivity index (χ3v) is 1.93. The lowest BCUT2D eigenvalue weighted by atomic mass is 10.3. The van der Waals surface area contributed by atoms with Crippen molar-refractivity contribution in [3.05, 3.63) is 24.3 Å². The van der Waals surface area contributed by atoms with Gasteiger partial charge in [-0.05, 0) is 18.6 Å². The number of hydrogen-bond donors (Lipinski definition) is 2. The number of imidazole rings is 1. The molecule has 0 amide bonds. The minimum atomic E-state index is 0.864. The van der Waals surface area contributed by atoms with Crippen molar-refractivity contribution in [1.29, 1.82) is 0 Å². The van der Waals surface area contributed by atoms with Crippen LogP contribution in [0, 0.1) is 0 Å². The molecule has 0 unspecified atom stereocenters. The summed E-state index contributed by atoms with van der Waals surface area (Å²) in [6.45, 7) is 3.09. The Morgan fingerprint density at radius 2 is 2.23 bits per heavy atom. The predicted molar refractivity (Wildman–Crippen MR) is 54.9 cm³/mol. The van der Waals surface area contributed by atoms with Crippen LogP contribution in [-0.2, 0) is 0 Å². The summed E-state index contributed by atoms with van der Waals surface area (Å²) in [4.78, 5) is 7.59. The number of aromatic amines is 1. The Labute approximate surface area is 77.2 Å². The molecule has 0 spiro atoms. The summed E-state index contributed by atoms with van der Waals surface area (Å²) < 4.78 is 0. The first-order chi connectivity index (χ1) is 6.40. The van der Waals surface area contributed by atoms with Crippen molar-refractivity contribution >= 4 is 17.0 Å². The zero-order valence-electron chi connectivity index (χ0n) is 7.67. The number of rotatable bonds is 3. The molecule has 1 aromatic heterocycles. The Morgan fingerprint density at radius 3 is 3.00 bits per heavy atom. The Hall–Kier alpha value is -1.51. The Balaban J connectivity index is 2.28. The van der Waals surface area contributed by atoms with Crippen LogP contribution in [0.25, 0.3) is 11.0 Å². The van der Waals surface area contributed by atoms with E-state index in [0.29, 0.717) is 0 Å². The van der Waals surface area contributed by atoms with Crippen LogP contribution in [0.2, 0.25) is 0 Å². The first-order valence-corrected chi connectivity index (χ1v) is 4.59. The maximum atomic E-state index is 4.38. The van der Waals surface area contributed by atoms with Crippen molar-refractivity contribution in [3.63, 3.8) is 0 Å². The summed E-state index contributed by atoms with van der Waals surface area (Å²) >= 11 is 0.